The highest BCUT2D eigenvalue weighted by atomic mass is 16.5. The Hall–Kier alpha value is -2.87. The zero-order chi connectivity index (χ0) is 21.1. The minimum absolute atomic E-state index is 0.00626. The van der Waals surface area contributed by atoms with E-state index < -0.39 is 0 Å². The van der Waals surface area contributed by atoms with Crippen molar-refractivity contribution in [2.24, 2.45) is 0 Å². The Morgan fingerprint density at radius 3 is 2.72 bits per heavy atom. The lowest BCUT2D eigenvalue weighted by molar-refractivity contribution is 0.0729. The molecule has 8 heteroatoms. The lowest BCUT2D eigenvalue weighted by Gasteiger charge is -2.28. The summed E-state index contributed by atoms with van der Waals surface area (Å²) in [7, 11) is 3.94. The summed E-state index contributed by atoms with van der Waals surface area (Å²) >= 11 is 0. The van der Waals surface area contributed by atoms with Crippen molar-refractivity contribution >= 4 is 5.91 Å². The second kappa shape index (κ2) is 8.65. The van der Waals surface area contributed by atoms with Gasteiger partial charge in [-0.15, -0.1) is 0 Å². The van der Waals surface area contributed by atoms with Gasteiger partial charge in [-0.1, -0.05) is 13.8 Å². The van der Waals surface area contributed by atoms with Crippen molar-refractivity contribution in [2.45, 2.75) is 32.7 Å². The lowest BCUT2D eigenvalue weighted by Crippen LogP contribution is -2.36. The summed E-state index contributed by atoms with van der Waals surface area (Å²) in [4.78, 5) is 25.4. The first-order chi connectivity index (χ1) is 13.8. The highest BCUT2D eigenvalue weighted by Gasteiger charge is 2.26. The highest BCUT2D eigenvalue weighted by Crippen LogP contribution is 2.33. The van der Waals surface area contributed by atoms with E-state index in [2.05, 4.69) is 9.97 Å². The molecule has 3 rings (SSSR count). The smallest absolute Gasteiger partial charge is 0.316 e. The van der Waals surface area contributed by atoms with E-state index in [-0.39, 0.29) is 28.9 Å². The third-order valence-corrected chi connectivity index (χ3v) is 4.97. The number of nitrogens with zero attached hydrogens (tertiary/aromatic N) is 4. The summed E-state index contributed by atoms with van der Waals surface area (Å²) in [6.45, 7) is 5.98. The first kappa shape index (κ1) is 20.9. The second-order valence-electron chi connectivity index (χ2n) is 7.84. The summed E-state index contributed by atoms with van der Waals surface area (Å²) in [5, 5.41) is 20.2. The molecule has 0 saturated heterocycles. The van der Waals surface area contributed by atoms with Gasteiger partial charge in [-0.25, -0.2) is 4.98 Å². The van der Waals surface area contributed by atoms with Crippen LogP contribution in [0, 0.1) is 0 Å². The van der Waals surface area contributed by atoms with Crippen LogP contribution in [-0.2, 0) is 13.0 Å². The van der Waals surface area contributed by atoms with Gasteiger partial charge in [-0.3, -0.25) is 4.79 Å². The van der Waals surface area contributed by atoms with Gasteiger partial charge in [-0.2, -0.15) is 4.98 Å². The van der Waals surface area contributed by atoms with Gasteiger partial charge in [0.15, 0.2) is 0 Å². The Kier molecular flexibility index (Phi) is 6.22. The molecule has 0 fully saturated rings. The molecule has 1 aromatic heterocycles. The van der Waals surface area contributed by atoms with Crippen molar-refractivity contribution in [1.29, 1.82) is 0 Å². The van der Waals surface area contributed by atoms with Crippen molar-refractivity contribution in [1.82, 2.24) is 19.8 Å². The number of carbonyl (C=O) groups excluding carboxylic acids is 1. The van der Waals surface area contributed by atoms with Gasteiger partial charge < -0.3 is 24.7 Å². The third-order valence-electron chi connectivity index (χ3n) is 4.97. The highest BCUT2D eigenvalue weighted by molar-refractivity contribution is 5.97. The van der Waals surface area contributed by atoms with Crippen LogP contribution in [0.25, 0.3) is 0 Å². The normalized spacial score (nSPS) is 13.7. The number of amides is 1. The van der Waals surface area contributed by atoms with E-state index in [1.165, 1.54) is 6.07 Å². The van der Waals surface area contributed by atoms with Gasteiger partial charge in [-0.05, 0) is 31.6 Å². The molecule has 1 amide bonds. The molecular formula is C21H28N4O4. The van der Waals surface area contributed by atoms with Crippen LogP contribution >= 0.6 is 0 Å². The zero-order valence-electron chi connectivity index (χ0n) is 17.3. The Morgan fingerprint density at radius 1 is 1.28 bits per heavy atom. The summed E-state index contributed by atoms with van der Waals surface area (Å²) in [6.07, 6.45) is 2.28. The number of ether oxygens (including phenoxy) is 1. The first-order valence-electron chi connectivity index (χ1n) is 9.73. The molecule has 0 saturated carbocycles. The van der Waals surface area contributed by atoms with Gasteiger partial charge in [0.05, 0.1) is 11.3 Å². The van der Waals surface area contributed by atoms with Gasteiger partial charge in [0.1, 0.15) is 18.1 Å². The Labute approximate surface area is 170 Å². The fourth-order valence-corrected chi connectivity index (χ4v) is 3.26. The second-order valence-corrected chi connectivity index (χ2v) is 7.84. The zero-order valence-corrected chi connectivity index (χ0v) is 17.3. The van der Waals surface area contributed by atoms with E-state index >= 15 is 0 Å². The van der Waals surface area contributed by atoms with Crippen LogP contribution in [0.1, 0.15) is 46.9 Å². The van der Waals surface area contributed by atoms with Crippen LogP contribution in [0.3, 0.4) is 0 Å². The molecule has 1 aromatic carbocycles. The van der Waals surface area contributed by atoms with Gasteiger partial charge in [0.25, 0.3) is 5.91 Å². The number of hydrogen-bond donors (Lipinski definition) is 2. The average molecular weight is 400 g/mol. The van der Waals surface area contributed by atoms with Crippen LogP contribution in [-0.4, -0.2) is 69.7 Å². The summed E-state index contributed by atoms with van der Waals surface area (Å²) in [6, 6.07) is 3.16. The molecule has 0 bridgehead atoms. The molecule has 0 atom stereocenters. The topological polar surface area (TPSA) is 99.0 Å². The van der Waals surface area contributed by atoms with Crippen LogP contribution in [0.15, 0.2) is 18.3 Å². The maximum absolute atomic E-state index is 13.0. The quantitative estimate of drug-likeness (QED) is 0.766. The molecule has 0 radical (unpaired) electrons. The maximum Gasteiger partial charge on any atom is 0.316 e. The number of hydrogen-bond acceptors (Lipinski definition) is 7. The molecule has 29 heavy (non-hydrogen) atoms. The fourth-order valence-electron chi connectivity index (χ4n) is 3.26. The van der Waals surface area contributed by atoms with Crippen molar-refractivity contribution in [2.75, 3.05) is 33.8 Å². The average Bonchev–Trinajstić information content (AvgIpc) is 2.66. The van der Waals surface area contributed by atoms with E-state index in [4.69, 9.17) is 4.74 Å². The lowest BCUT2D eigenvalue weighted by atomic mass is 9.97. The summed E-state index contributed by atoms with van der Waals surface area (Å²) in [5.41, 5.74) is 2.57. The predicted molar refractivity (Wildman–Crippen MR) is 108 cm³/mol. The van der Waals surface area contributed by atoms with Gasteiger partial charge in [0, 0.05) is 43.9 Å². The van der Waals surface area contributed by atoms with Gasteiger partial charge in [0.2, 0.25) is 0 Å². The summed E-state index contributed by atoms with van der Waals surface area (Å²) in [5.74, 6) is -0.471. The number of likely N-dealkylation sites (N-methyl/N-ethyl adjacent to an activating group) is 1. The number of phenolic OH excluding ortho intramolecular Hbond substituents is 2. The van der Waals surface area contributed by atoms with Crippen molar-refractivity contribution in [3.63, 3.8) is 0 Å². The van der Waals surface area contributed by atoms with E-state index in [0.29, 0.717) is 37.7 Å². The molecular weight excluding hydrogens is 372 g/mol. The largest absolute Gasteiger partial charge is 0.508 e. The number of rotatable bonds is 6. The van der Waals surface area contributed by atoms with Crippen LogP contribution in [0.5, 0.6) is 17.5 Å². The molecule has 156 valence electrons. The number of phenols is 2. The molecule has 1 aliphatic heterocycles. The van der Waals surface area contributed by atoms with E-state index in [1.54, 1.807) is 17.2 Å². The molecule has 0 spiro atoms. The Balaban J connectivity index is 1.74. The number of fused-ring (bicyclic) bond motifs is 1. The van der Waals surface area contributed by atoms with E-state index in [1.807, 2.05) is 32.8 Å². The molecule has 2 heterocycles. The van der Waals surface area contributed by atoms with Gasteiger partial charge >= 0.3 is 6.01 Å². The van der Waals surface area contributed by atoms with Crippen molar-refractivity contribution in [3.05, 3.63) is 40.7 Å². The number of aromatic nitrogens is 2. The maximum atomic E-state index is 13.0. The molecule has 2 N–H and O–H groups in total. The minimum Gasteiger partial charge on any atom is -0.508 e. The molecule has 1 aliphatic rings. The van der Waals surface area contributed by atoms with Crippen LogP contribution < -0.4 is 4.74 Å². The van der Waals surface area contributed by atoms with Crippen LogP contribution in [0.2, 0.25) is 0 Å². The number of benzene rings is 1. The molecule has 2 aromatic rings. The summed E-state index contributed by atoms with van der Waals surface area (Å²) < 4.78 is 5.59. The number of aromatic hydroxyl groups is 2. The first-order valence-corrected chi connectivity index (χ1v) is 9.73. The molecule has 0 aliphatic carbocycles. The minimum atomic E-state index is -0.277. The fraction of sp³-hybridized carbons (Fsp3) is 0.476. The third kappa shape index (κ3) is 4.76. The van der Waals surface area contributed by atoms with Crippen molar-refractivity contribution in [3.8, 4) is 17.5 Å². The SMILES string of the molecule is CC(C)c1cc(C(=O)N2CCc3nc(OCCN(C)C)ncc3C2)c(O)cc1O. The van der Waals surface area contributed by atoms with E-state index in [0.717, 1.165) is 17.8 Å². The van der Waals surface area contributed by atoms with E-state index in [9.17, 15) is 15.0 Å². The van der Waals surface area contributed by atoms with Crippen molar-refractivity contribution < 1.29 is 19.7 Å². The number of carbonyl (C=O) groups is 1. The predicted octanol–water partition coefficient (Wildman–Crippen LogP) is 2.15. The Morgan fingerprint density at radius 2 is 2.03 bits per heavy atom. The Bertz CT molecular complexity index is 898. The molecule has 0 unspecified atom stereocenters. The standard InChI is InChI=1S/C21H28N4O4/c1-13(2)15-9-16(19(27)10-18(15)26)20(28)25-6-5-17-14(12-25)11-22-21(23-17)29-8-7-24(3)4/h9-11,13,26-27H,5-8,12H2,1-4H3. The van der Waals surface area contributed by atoms with Crippen LogP contribution in [0.4, 0.5) is 0 Å². The monoisotopic (exact) mass is 400 g/mol. The molecule has 8 nitrogen and oxygen atoms in total.